The Balaban J connectivity index is 1.72. The van der Waals surface area contributed by atoms with Gasteiger partial charge >= 0.3 is 5.69 Å². The van der Waals surface area contributed by atoms with Gasteiger partial charge in [-0.05, 0) is 42.5 Å². The van der Waals surface area contributed by atoms with Crippen LogP contribution >= 0.6 is 11.6 Å². The van der Waals surface area contributed by atoms with Crippen LogP contribution < -0.4 is 10.6 Å². The summed E-state index contributed by atoms with van der Waals surface area (Å²) in [5, 5.41) is 0.445. The molecule has 0 radical (unpaired) electrons. The Morgan fingerprint density at radius 2 is 1.76 bits per heavy atom. The number of aryl methyl sites for hydroxylation is 1. The van der Waals surface area contributed by atoms with Gasteiger partial charge in [-0.15, -0.1) is 0 Å². The number of hydrogen-bond acceptors (Lipinski definition) is 3. The SMILES string of the molecule is CN1C(=O)C(Cc2c(F)cccc2F)N=C(c2ccc3c(c2)[nH]c(=O)n3C)c2cc(Cl)ccc21. The molecule has 172 valence electrons. The zero-order valence-electron chi connectivity index (χ0n) is 18.3. The molecule has 1 N–H and O–H groups in total. The number of carbonyl (C=O) groups excluding carboxylic acids is 1. The van der Waals surface area contributed by atoms with Gasteiger partial charge in [0.2, 0.25) is 0 Å². The summed E-state index contributed by atoms with van der Waals surface area (Å²) in [4.78, 5) is 34.3. The van der Waals surface area contributed by atoms with Crippen LogP contribution in [0.15, 0.2) is 64.4 Å². The average molecular weight is 481 g/mol. The molecule has 0 bridgehead atoms. The minimum atomic E-state index is -1.08. The largest absolute Gasteiger partial charge is 0.326 e. The molecule has 1 amide bonds. The number of aromatic nitrogens is 2. The smallest absolute Gasteiger partial charge is 0.313 e. The van der Waals surface area contributed by atoms with Crippen LogP contribution in [0.5, 0.6) is 0 Å². The van der Waals surface area contributed by atoms with E-state index in [-0.39, 0.29) is 17.7 Å². The van der Waals surface area contributed by atoms with Crippen molar-refractivity contribution in [3.05, 3.63) is 98.4 Å². The van der Waals surface area contributed by atoms with Gasteiger partial charge in [0.1, 0.15) is 17.7 Å². The lowest BCUT2D eigenvalue weighted by molar-refractivity contribution is -0.119. The van der Waals surface area contributed by atoms with Gasteiger partial charge in [0.15, 0.2) is 0 Å². The summed E-state index contributed by atoms with van der Waals surface area (Å²) in [6, 6.07) is 12.9. The number of likely N-dealkylation sites (N-methyl/N-ethyl adjacent to an activating group) is 1. The number of fused-ring (bicyclic) bond motifs is 2. The molecule has 1 aromatic heterocycles. The van der Waals surface area contributed by atoms with Crippen LogP contribution in [0, 0.1) is 11.6 Å². The molecule has 9 heteroatoms. The highest BCUT2D eigenvalue weighted by molar-refractivity contribution is 6.32. The number of aromatic amines is 1. The van der Waals surface area contributed by atoms with Crippen molar-refractivity contribution >= 4 is 39.9 Å². The lowest BCUT2D eigenvalue weighted by Crippen LogP contribution is -2.36. The predicted octanol–water partition coefficient (Wildman–Crippen LogP) is 4.22. The second-order valence-corrected chi connectivity index (χ2v) is 8.61. The Morgan fingerprint density at radius 3 is 2.50 bits per heavy atom. The predicted molar refractivity (Wildman–Crippen MR) is 128 cm³/mol. The molecule has 1 atom stereocenters. The number of benzene rings is 3. The van der Waals surface area contributed by atoms with Crippen LogP contribution in [0.25, 0.3) is 11.0 Å². The topological polar surface area (TPSA) is 70.5 Å². The minimum Gasteiger partial charge on any atom is -0.313 e. The van der Waals surface area contributed by atoms with Crippen molar-refractivity contribution in [1.29, 1.82) is 0 Å². The van der Waals surface area contributed by atoms with E-state index in [2.05, 4.69) is 4.98 Å². The highest BCUT2D eigenvalue weighted by Gasteiger charge is 2.31. The summed E-state index contributed by atoms with van der Waals surface area (Å²) in [5.41, 5.74) is 3.04. The molecule has 0 saturated heterocycles. The fraction of sp³-hybridized carbons (Fsp3) is 0.160. The molecule has 1 aliphatic rings. The van der Waals surface area contributed by atoms with Crippen molar-refractivity contribution < 1.29 is 13.6 Å². The molecule has 1 aliphatic heterocycles. The molecule has 34 heavy (non-hydrogen) atoms. The molecule has 3 aromatic carbocycles. The van der Waals surface area contributed by atoms with E-state index < -0.39 is 23.6 Å². The van der Waals surface area contributed by atoms with Gasteiger partial charge < -0.3 is 9.88 Å². The maximum Gasteiger partial charge on any atom is 0.326 e. The van der Waals surface area contributed by atoms with Crippen molar-refractivity contribution in [2.45, 2.75) is 12.5 Å². The Bertz CT molecular complexity index is 1540. The van der Waals surface area contributed by atoms with E-state index in [0.717, 1.165) is 12.1 Å². The van der Waals surface area contributed by atoms with Gasteiger partial charge in [-0.1, -0.05) is 23.7 Å². The third kappa shape index (κ3) is 3.60. The van der Waals surface area contributed by atoms with Gasteiger partial charge in [-0.3, -0.25) is 14.4 Å². The van der Waals surface area contributed by atoms with E-state index in [0.29, 0.717) is 38.6 Å². The number of nitrogens with zero attached hydrogens (tertiary/aromatic N) is 3. The first-order valence-electron chi connectivity index (χ1n) is 10.5. The van der Waals surface area contributed by atoms with Crippen molar-refractivity contribution in [1.82, 2.24) is 9.55 Å². The molecule has 0 spiro atoms. The van der Waals surface area contributed by atoms with Crippen LogP contribution in [0.2, 0.25) is 5.02 Å². The fourth-order valence-corrected chi connectivity index (χ4v) is 4.45. The number of imidazole rings is 1. The number of amides is 1. The van der Waals surface area contributed by atoms with Crippen LogP contribution in [0.1, 0.15) is 16.7 Å². The third-order valence-electron chi connectivity index (χ3n) is 6.11. The third-order valence-corrected chi connectivity index (χ3v) is 6.35. The number of benzodiazepines with no additional fused rings is 1. The molecular weight excluding hydrogens is 462 g/mol. The number of hydrogen-bond donors (Lipinski definition) is 1. The number of anilines is 1. The maximum absolute atomic E-state index is 14.4. The Morgan fingerprint density at radius 1 is 1.03 bits per heavy atom. The molecule has 0 aliphatic carbocycles. The summed E-state index contributed by atoms with van der Waals surface area (Å²) in [5.74, 6) is -1.88. The average Bonchev–Trinajstić information content (AvgIpc) is 3.05. The standard InChI is InChI=1S/C25H19ClF2N4O2/c1-31-21-9-7-14(26)11-16(21)23(13-6-8-22-19(10-13)30-25(34)32(22)2)29-20(24(31)33)12-15-17(27)4-3-5-18(15)28/h3-11,20H,12H2,1-2H3,(H,30,34). The molecular formula is C25H19ClF2N4O2. The summed E-state index contributed by atoms with van der Waals surface area (Å²) < 4.78 is 30.3. The Labute approximate surface area is 198 Å². The monoisotopic (exact) mass is 480 g/mol. The van der Waals surface area contributed by atoms with Crippen molar-refractivity contribution in [3.63, 3.8) is 0 Å². The van der Waals surface area contributed by atoms with E-state index in [9.17, 15) is 18.4 Å². The number of rotatable bonds is 3. The normalized spacial score (nSPS) is 15.9. The van der Waals surface area contributed by atoms with Crippen molar-refractivity contribution in [2.75, 3.05) is 11.9 Å². The van der Waals surface area contributed by atoms with Gasteiger partial charge in [-0.2, -0.15) is 0 Å². The fourth-order valence-electron chi connectivity index (χ4n) is 4.28. The highest BCUT2D eigenvalue weighted by Crippen LogP contribution is 2.32. The minimum absolute atomic E-state index is 0.204. The summed E-state index contributed by atoms with van der Waals surface area (Å²) in [6.45, 7) is 0. The number of H-pyrrole nitrogens is 1. The summed E-state index contributed by atoms with van der Waals surface area (Å²) in [6.07, 6.45) is -0.253. The molecule has 0 fully saturated rings. The van der Waals surface area contributed by atoms with E-state index in [1.54, 1.807) is 50.5 Å². The Hall–Kier alpha value is -3.78. The van der Waals surface area contributed by atoms with Crippen LogP contribution in [-0.4, -0.2) is 34.3 Å². The van der Waals surface area contributed by atoms with Crippen molar-refractivity contribution in [2.24, 2.45) is 12.0 Å². The Kier molecular flexibility index (Phi) is 5.32. The van der Waals surface area contributed by atoms with E-state index in [1.165, 1.54) is 15.5 Å². The van der Waals surface area contributed by atoms with E-state index in [4.69, 9.17) is 16.6 Å². The number of carbonyl (C=O) groups is 1. The lowest BCUT2D eigenvalue weighted by atomic mass is 9.99. The number of halogens is 3. The molecule has 4 aromatic rings. The van der Waals surface area contributed by atoms with Crippen LogP contribution in [-0.2, 0) is 18.3 Å². The van der Waals surface area contributed by atoms with Gasteiger partial charge in [0, 0.05) is 42.2 Å². The highest BCUT2D eigenvalue weighted by atomic mass is 35.5. The van der Waals surface area contributed by atoms with E-state index >= 15 is 0 Å². The van der Waals surface area contributed by atoms with Gasteiger partial charge in [0.05, 0.1) is 22.4 Å². The van der Waals surface area contributed by atoms with Crippen LogP contribution in [0.3, 0.4) is 0 Å². The first kappa shape index (κ1) is 22.0. The number of aliphatic imine (C=N–C) groups is 1. The maximum atomic E-state index is 14.4. The van der Waals surface area contributed by atoms with E-state index in [1.807, 2.05) is 0 Å². The summed E-state index contributed by atoms with van der Waals surface area (Å²) in [7, 11) is 3.25. The molecule has 5 rings (SSSR count). The second kappa shape index (κ2) is 8.22. The molecule has 1 unspecified atom stereocenters. The first-order valence-corrected chi connectivity index (χ1v) is 10.9. The first-order chi connectivity index (χ1) is 16.2. The van der Waals surface area contributed by atoms with Gasteiger partial charge in [0.25, 0.3) is 5.91 Å². The lowest BCUT2D eigenvalue weighted by Gasteiger charge is -2.21. The van der Waals surface area contributed by atoms with Crippen LogP contribution in [0.4, 0.5) is 14.5 Å². The zero-order chi connectivity index (χ0) is 24.1. The molecule has 0 saturated carbocycles. The molecule has 2 heterocycles. The van der Waals surface area contributed by atoms with Crippen molar-refractivity contribution in [3.8, 4) is 0 Å². The van der Waals surface area contributed by atoms with Gasteiger partial charge in [-0.25, -0.2) is 13.6 Å². The molecule has 6 nitrogen and oxygen atoms in total. The second-order valence-electron chi connectivity index (χ2n) is 8.18. The summed E-state index contributed by atoms with van der Waals surface area (Å²) >= 11 is 6.29. The number of nitrogens with one attached hydrogen (secondary N) is 1. The quantitative estimate of drug-likeness (QED) is 0.477. The zero-order valence-corrected chi connectivity index (χ0v) is 19.0.